The Bertz CT molecular complexity index is 909. The summed E-state index contributed by atoms with van der Waals surface area (Å²) in [6, 6.07) is 18.2. The van der Waals surface area contributed by atoms with Gasteiger partial charge in [0.1, 0.15) is 0 Å². The molecule has 2 aromatic carbocycles. The fourth-order valence-corrected chi connectivity index (χ4v) is 3.27. The molecule has 0 N–H and O–H groups in total. The summed E-state index contributed by atoms with van der Waals surface area (Å²) in [4.78, 5) is 25.3. The Morgan fingerprint density at radius 2 is 1.73 bits per heavy atom. The number of benzene rings is 2. The molecule has 26 heavy (non-hydrogen) atoms. The number of carbonyl (C=O) groups is 1. The number of para-hydroxylation sites is 1. The molecule has 1 aliphatic heterocycles. The van der Waals surface area contributed by atoms with E-state index in [2.05, 4.69) is 27.0 Å². The smallest absolute Gasteiger partial charge is 0.257 e. The van der Waals surface area contributed by atoms with E-state index in [0.29, 0.717) is 18.1 Å². The van der Waals surface area contributed by atoms with Crippen LogP contribution in [0.2, 0.25) is 0 Å². The number of nitrogens with zero attached hydrogens (tertiary/aromatic N) is 4. The van der Waals surface area contributed by atoms with Crippen molar-refractivity contribution in [3.05, 3.63) is 83.7 Å². The van der Waals surface area contributed by atoms with Gasteiger partial charge in [-0.3, -0.25) is 4.79 Å². The molecule has 0 unspecified atom stereocenters. The van der Waals surface area contributed by atoms with Crippen molar-refractivity contribution in [2.75, 3.05) is 18.5 Å². The average molecular weight is 344 g/mol. The molecule has 0 atom stereocenters. The van der Waals surface area contributed by atoms with Crippen molar-refractivity contribution in [1.29, 1.82) is 0 Å². The molecule has 1 amide bonds. The second-order valence-corrected chi connectivity index (χ2v) is 6.45. The molecule has 5 nitrogen and oxygen atoms in total. The number of anilines is 2. The van der Waals surface area contributed by atoms with E-state index in [-0.39, 0.29) is 5.91 Å². The SMILES string of the molecule is CN(Cc1ccccc1)C(=O)c1cnc(N2CCc3ccccc32)nc1. The highest BCUT2D eigenvalue weighted by atomic mass is 16.2. The predicted octanol–water partition coefficient (Wildman–Crippen LogP) is 3.44. The summed E-state index contributed by atoms with van der Waals surface area (Å²) in [5.74, 6) is 0.555. The maximum absolute atomic E-state index is 12.6. The summed E-state index contributed by atoms with van der Waals surface area (Å²) < 4.78 is 0. The van der Waals surface area contributed by atoms with Gasteiger partial charge in [-0.1, -0.05) is 48.5 Å². The van der Waals surface area contributed by atoms with E-state index in [1.807, 2.05) is 42.5 Å². The van der Waals surface area contributed by atoms with Gasteiger partial charge in [-0.2, -0.15) is 0 Å². The lowest BCUT2D eigenvalue weighted by molar-refractivity contribution is 0.0784. The van der Waals surface area contributed by atoms with E-state index in [9.17, 15) is 4.79 Å². The molecule has 0 radical (unpaired) electrons. The molecule has 3 aromatic rings. The molecular formula is C21H20N4O. The number of amides is 1. The quantitative estimate of drug-likeness (QED) is 0.727. The van der Waals surface area contributed by atoms with Crippen LogP contribution in [-0.2, 0) is 13.0 Å². The van der Waals surface area contributed by atoms with Crippen LogP contribution in [-0.4, -0.2) is 34.4 Å². The Kier molecular flexibility index (Phi) is 4.35. The monoisotopic (exact) mass is 344 g/mol. The van der Waals surface area contributed by atoms with E-state index in [4.69, 9.17) is 0 Å². The van der Waals surface area contributed by atoms with E-state index in [1.54, 1.807) is 24.3 Å². The highest BCUT2D eigenvalue weighted by molar-refractivity contribution is 5.93. The Morgan fingerprint density at radius 1 is 1.04 bits per heavy atom. The fourth-order valence-electron chi connectivity index (χ4n) is 3.27. The van der Waals surface area contributed by atoms with Gasteiger partial charge in [-0.05, 0) is 23.6 Å². The lowest BCUT2D eigenvalue weighted by atomic mass is 10.2. The molecular weight excluding hydrogens is 324 g/mol. The normalized spacial score (nSPS) is 12.7. The topological polar surface area (TPSA) is 49.3 Å². The zero-order valence-electron chi connectivity index (χ0n) is 14.7. The molecule has 0 spiro atoms. The minimum atomic E-state index is -0.0813. The average Bonchev–Trinajstić information content (AvgIpc) is 3.12. The van der Waals surface area contributed by atoms with Crippen LogP contribution in [0.1, 0.15) is 21.5 Å². The molecule has 5 heteroatoms. The third-order valence-electron chi connectivity index (χ3n) is 4.62. The lowest BCUT2D eigenvalue weighted by Crippen LogP contribution is -2.26. The molecule has 130 valence electrons. The summed E-state index contributed by atoms with van der Waals surface area (Å²) in [5, 5.41) is 0. The minimum absolute atomic E-state index is 0.0813. The van der Waals surface area contributed by atoms with Crippen LogP contribution in [0, 0.1) is 0 Å². The Labute approximate surface area is 152 Å². The maximum atomic E-state index is 12.6. The number of fused-ring (bicyclic) bond motifs is 1. The summed E-state index contributed by atoms with van der Waals surface area (Å²) in [6.45, 7) is 1.42. The summed E-state index contributed by atoms with van der Waals surface area (Å²) >= 11 is 0. The van der Waals surface area contributed by atoms with Gasteiger partial charge in [0.15, 0.2) is 0 Å². The third-order valence-corrected chi connectivity index (χ3v) is 4.62. The van der Waals surface area contributed by atoms with Crippen LogP contribution < -0.4 is 4.90 Å². The number of hydrogen-bond donors (Lipinski definition) is 0. The Morgan fingerprint density at radius 3 is 2.50 bits per heavy atom. The van der Waals surface area contributed by atoms with Gasteiger partial charge >= 0.3 is 0 Å². The molecule has 1 aliphatic rings. The largest absolute Gasteiger partial charge is 0.337 e. The Balaban J connectivity index is 1.48. The third kappa shape index (κ3) is 3.16. The van der Waals surface area contributed by atoms with Gasteiger partial charge in [0.05, 0.1) is 5.56 Å². The van der Waals surface area contributed by atoms with Crippen molar-refractivity contribution >= 4 is 17.5 Å². The van der Waals surface area contributed by atoms with Gasteiger partial charge in [0, 0.05) is 38.2 Å². The van der Waals surface area contributed by atoms with E-state index >= 15 is 0 Å². The van der Waals surface area contributed by atoms with E-state index in [1.165, 1.54) is 5.56 Å². The fraction of sp³-hybridized carbons (Fsp3) is 0.190. The van der Waals surface area contributed by atoms with E-state index < -0.39 is 0 Å². The van der Waals surface area contributed by atoms with Gasteiger partial charge < -0.3 is 9.80 Å². The minimum Gasteiger partial charge on any atom is -0.337 e. The van der Waals surface area contributed by atoms with Crippen molar-refractivity contribution in [2.24, 2.45) is 0 Å². The van der Waals surface area contributed by atoms with Gasteiger partial charge in [0.25, 0.3) is 5.91 Å². The zero-order chi connectivity index (χ0) is 17.9. The predicted molar refractivity (Wildman–Crippen MR) is 101 cm³/mol. The van der Waals surface area contributed by atoms with E-state index in [0.717, 1.165) is 24.2 Å². The molecule has 2 heterocycles. The van der Waals surface area contributed by atoms with Crippen LogP contribution >= 0.6 is 0 Å². The molecule has 4 rings (SSSR count). The first-order chi connectivity index (χ1) is 12.7. The first kappa shape index (κ1) is 16.3. The standard InChI is InChI=1S/C21H20N4O/c1-24(15-16-7-3-2-4-8-16)20(26)18-13-22-21(23-14-18)25-12-11-17-9-5-6-10-19(17)25/h2-10,13-14H,11-12,15H2,1H3. The summed E-state index contributed by atoms with van der Waals surface area (Å²) in [5.41, 5.74) is 4.04. The second-order valence-electron chi connectivity index (χ2n) is 6.45. The Hall–Kier alpha value is -3.21. The van der Waals surface area contributed by atoms with Crippen LogP contribution in [0.15, 0.2) is 67.0 Å². The number of rotatable bonds is 4. The second kappa shape index (κ2) is 6.96. The first-order valence-corrected chi connectivity index (χ1v) is 8.69. The van der Waals surface area contributed by atoms with Crippen molar-refractivity contribution < 1.29 is 4.79 Å². The van der Waals surface area contributed by atoms with Gasteiger partial charge in [0.2, 0.25) is 5.95 Å². The van der Waals surface area contributed by atoms with Crippen molar-refractivity contribution in [3.8, 4) is 0 Å². The van der Waals surface area contributed by atoms with Crippen LogP contribution in [0.3, 0.4) is 0 Å². The van der Waals surface area contributed by atoms with Crippen molar-refractivity contribution in [3.63, 3.8) is 0 Å². The van der Waals surface area contributed by atoms with Gasteiger partial charge in [-0.15, -0.1) is 0 Å². The zero-order valence-corrected chi connectivity index (χ0v) is 14.7. The highest BCUT2D eigenvalue weighted by Gasteiger charge is 2.22. The van der Waals surface area contributed by atoms with Crippen LogP contribution in [0.5, 0.6) is 0 Å². The number of aromatic nitrogens is 2. The summed E-state index contributed by atoms with van der Waals surface area (Å²) in [6.07, 6.45) is 4.22. The highest BCUT2D eigenvalue weighted by Crippen LogP contribution is 2.31. The lowest BCUT2D eigenvalue weighted by Gasteiger charge is -2.19. The van der Waals surface area contributed by atoms with Crippen molar-refractivity contribution in [1.82, 2.24) is 14.9 Å². The number of carbonyl (C=O) groups excluding carboxylic acids is 1. The molecule has 0 saturated heterocycles. The molecule has 0 fully saturated rings. The molecule has 0 aliphatic carbocycles. The molecule has 1 aromatic heterocycles. The molecule has 0 saturated carbocycles. The van der Waals surface area contributed by atoms with Crippen molar-refractivity contribution in [2.45, 2.75) is 13.0 Å². The van der Waals surface area contributed by atoms with Crippen LogP contribution in [0.4, 0.5) is 11.6 Å². The maximum Gasteiger partial charge on any atom is 0.257 e. The van der Waals surface area contributed by atoms with Crippen LogP contribution in [0.25, 0.3) is 0 Å². The summed E-state index contributed by atoms with van der Waals surface area (Å²) in [7, 11) is 1.79. The first-order valence-electron chi connectivity index (χ1n) is 8.69. The number of hydrogen-bond acceptors (Lipinski definition) is 4. The molecule has 0 bridgehead atoms. The van der Waals surface area contributed by atoms with Gasteiger partial charge in [-0.25, -0.2) is 9.97 Å².